The second kappa shape index (κ2) is 7.56. The summed E-state index contributed by atoms with van der Waals surface area (Å²) >= 11 is 0. The molecule has 1 N–H and O–H groups in total. The van der Waals surface area contributed by atoms with Gasteiger partial charge in [0.2, 0.25) is 5.91 Å². The van der Waals surface area contributed by atoms with Crippen LogP contribution in [0.3, 0.4) is 0 Å². The van der Waals surface area contributed by atoms with Crippen LogP contribution < -0.4 is 10.2 Å². The van der Waals surface area contributed by atoms with E-state index in [2.05, 4.69) is 17.2 Å². The SMILES string of the molecule is CCCCC(=O)Nc1ccc(N(C)C(C)=NC)cc1. The molecule has 0 atom stereocenters. The molecule has 1 aromatic rings. The van der Waals surface area contributed by atoms with Crippen LogP contribution >= 0.6 is 0 Å². The fourth-order valence-electron chi connectivity index (χ4n) is 1.67. The number of anilines is 2. The predicted molar refractivity (Wildman–Crippen MR) is 82.0 cm³/mol. The molecule has 0 unspecified atom stereocenters. The fourth-order valence-corrected chi connectivity index (χ4v) is 1.67. The lowest BCUT2D eigenvalue weighted by Gasteiger charge is -2.18. The van der Waals surface area contributed by atoms with E-state index in [1.165, 1.54) is 0 Å². The molecule has 0 saturated heterocycles. The molecule has 19 heavy (non-hydrogen) atoms. The Morgan fingerprint density at radius 2 is 1.95 bits per heavy atom. The highest BCUT2D eigenvalue weighted by atomic mass is 16.1. The second-order valence-electron chi connectivity index (χ2n) is 4.53. The number of carbonyl (C=O) groups is 1. The summed E-state index contributed by atoms with van der Waals surface area (Å²) in [5.74, 6) is 1.02. The van der Waals surface area contributed by atoms with E-state index in [9.17, 15) is 4.79 Å². The number of nitrogens with one attached hydrogen (secondary N) is 1. The molecule has 4 nitrogen and oxygen atoms in total. The number of carbonyl (C=O) groups excluding carboxylic acids is 1. The van der Waals surface area contributed by atoms with Crippen molar-refractivity contribution in [2.75, 3.05) is 24.3 Å². The van der Waals surface area contributed by atoms with Crippen LogP contribution in [0.25, 0.3) is 0 Å². The molecule has 0 spiro atoms. The zero-order valence-electron chi connectivity index (χ0n) is 12.2. The predicted octanol–water partition coefficient (Wildman–Crippen LogP) is 3.30. The summed E-state index contributed by atoms with van der Waals surface area (Å²) in [6.07, 6.45) is 2.55. The van der Waals surface area contributed by atoms with Crippen LogP contribution in [0, 0.1) is 0 Å². The van der Waals surface area contributed by atoms with Gasteiger partial charge in [0.05, 0.1) is 5.84 Å². The Morgan fingerprint density at radius 1 is 1.32 bits per heavy atom. The van der Waals surface area contributed by atoms with Crippen LogP contribution in [0.5, 0.6) is 0 Å². The average molecular weight is 261 g/mol. The van der Waals surface area contributed by atoms with Gasteiger partial charge in [0.25, 0.3) is 0 Å². The van der Waals surface area contributed by atoms with Crippen molar-refractivity contribution in [1.82, 2.24) is 0 Å². The molecule has 0 heterocycles. The highest BCUT2D eigenvalue weighted by Crippen LogP contribution is 2.17. The van der Waals surface area contributed by atoms with Gasteiger partial charge in [0, 0.05) is 31.9 Å². The summed E-state index contributed by atoms with van der Waals surface area (Å²) in [4.78, 5) is 17.7. The number of hydrogen-bond donors (Lipinski definition) is 1. The van der Waals surface area contributed by atoms with Crippen molar-refractivity contribution in [2.45, 2.75) is 33.1 Å². The van der Waals surface area contributed by atoms with Gasteiger partial charge in [-0.2, -0.15) is 0 Å². The number of amides is 1. The maximum Gasteiger partial charge on any atom is 0.224 e. The van der Waals surface area contributed by atoms with Crippen molar-refractivity contribution in [3.05, 3.63) is 24.3 Å². The third kappa shape index (κ3) is 4.73. The highest BCUT2D eigenvalue weighted by Gasteiger charge is 2.05. The smallest absolute Gasteiger partial charge is 0.224 e. The van der Waals surface area contributed by atoms with Gasteiger partial charge in [-0.1, -0.05) is 13.3 Å². The van der Waals surface area contributed by atoms with Crippen molar-refractivity contribution >= 4 is 23.1 Å². The molecule has 0 fully saturated rings. The third-order valence-corrected chi connectivity index (χ3v) is 3.10. The normalized spacial score (nSPS) is 11.3. The molecule has 0 aliphatic carbocycles. The van der Waals surface area contributed by atoms with E-state index in [0.717, 1.165) is 30.1 Å². The van der Waals surface area contributed by atoms with E-state index in [0.29, 0.717) is 6.42 Å². The van der Waals surface area contributed by atoms with E-state index in [-0.39, 0.29) is 5.91 Å². The largest absolute Gasteiger partial charge is 0.334 e. The fraction of sp³-hybridized carbons (Fsp3) is 0.467. The Balaban J connectivity index is 2.64. The molecule has 1 rings (SSSR count). The zero-order valence-corrected chi connectivity index (χ0v) is 12.2. The monoisotopic (exact) mass is 261 g/mol. The first kappa shape index (κ1) is 15.2. The quantitative estimate of drug-likeness (QED) is 0.653. The summed E-state index contributed by atoms with van der Waals surface area (Å²) in [5.41, 5.74) is 1.89. The van der Waals surface area contributed by atoms with E-state index < -0.39 is 0 Å². The van der Waals surface area contributed by atoms with Crippen LogP contribution in [-0.2, 0) is 4.79 Å². The van der Waals surface area contributed by atoms with Crippen LogP contribution in [0.2, 0.25) is 0 Å². The molecule has 1 aromatic carbocycles. The first-order valence-corrected chi connectivity index (χ1v) is 6.65. The molecular formula is C15H23N3O. The molecule has 4 heteroatoms. The molecule has 1 amide bonds. The number of benzene rings is 1. The van der Waals surface area contributed by atoms with E-state index in [1.54, 1.807) is 7.05 Å². The lowest BCUT2D eigenvalue weighted by Crippen LogP contribution is -2.23. The first-order valence-electron chi connectivity index (χ1n) is 6.65. The highest BCUT2D eigenvalue weighted by molar-refractivity contribution is 5.96. The number of hydrogen-bond acceptors (Lipinski definition) is 2. The maximum atomic E-state index is 11.6. The minimum atomic E-state index is 0.0780. The Labute approximate surface area is 115 Å². The zero-order chi connectivity index (χ0) is 14.3. The number of nitrogens with zero attached hydrogens (tertiary/aromatic N) is 2. The number of aliphatic imine (C=N–C) groups is 1. The maximum absolute atomic E-state index is 11.6. The van der Waals surface area contributed by atoms with Gasteiger partial charge in [-0.05, 0) is 37.6 Å². The number of rotatable bonds is 5. The number of unbranched alkanes of at least 4 members (excludes halogenated alkanes) is 1. The second-order valence-corrected chi connectivity index (χ2v) is 4.53. The molecular weight excluding hydrogens is 238 g/mol. The lowest BCUT2D eigenvalue weighted by atomic mass is 10.2. The lowest BCUT2D eigenvalue weighted by molar-refractivity contribution is -0.116. The first-order chi connectivity index (χ1) is 9.08. The average Bonchev–Trinajstić information content (AvgIpc) is 2.44. The van der Waals surface area contributed by atoms with E-state index >= 15 is 0 Å². The molecule has 0 aliphatic heterocycles. The minimum Gasteiger partial charge on any atom is -0.334 e. The van der Waals surface area contributed by atoms with Gasteiger partial charge < -0.3 is 10.2 Å². The Morgan fingerprint density at radius 3 is 2.47 bits per heavy atom. The molecule has 0 bridgehead atoms. The van der Waals surface area contributed by atoms with Gasteiger partial charge in [-0.25, -0.2) is 0 Å². The number of amidine groups is 1. The van der Waals surface area contributed by atoms with Crippen LogP contribution in [0.4, 0.5) is 11.4 Å². The summed E-state index contributed by atoms with van der Waals surface area (Å²) in [6.45, 7) is 4.04. The third-order valence-electron chi connectivity index (χ3n) is 3.10. The van der Waals surface area contributed by atoms with Gasteiger partial charge in [0.1, 0.15) is 0 Å². The van der Waals surface area contributed by atoms with Crippen molar-refractivity contribution in [1.29, 1.82) is 0 Å². The van der Waals surface area contributed by atoms with Crippen LogP contribution in [0.15, 0.2) is 29.3 Å². The Bertz CT molecular complexity index is 437. The molecule has 0 saturated carbocycles. The van der Waals surface area contributed by atoms with Gasteiger partial charge >= 0.3 is 0 Å². The minimum absolute atomic E-state index is 0.0780. The molecule has 0 aliphatic rings. The summed E-state index contributed by atoms with van der Waals surface area (Å²) in [6, 6.07) is 7.78. The van der Waals surface area contributed by atoms with Gasteiger partial charge in [0.15, 0.2) is 0 Å². The Hall–Kier alpha value is -1.84. The van der Waals surface area contributed by atoms with Crippen LogP contribution in [-0.4, -0.2) is 25.8 Å². The standard InChI is InChI=1S/C15H23N3O/c1-5-6-7-15(19)17-13-8-10-14(11-9-13)18(4)12(2)16-3/h8-11H,5-7H2,1-4H3,(H,17,19). The topological polar surface area (TPSA) is 44.7 Å². The summed E-state index contributed by atoms with van der Waals surface area (Å²) < 4.78 is 0. The summed E-state index contributed by atoms with van der Waals surface area (Å²) in [7, 11) is 3.74. The van der Waals surface area contributed by atoms with Crippen molar-refractivity contribution in [3.8, 4) is 0 Å². The molecule has 0 aromatic heterocycles. The Kier molecular flexibility index (Phi) is 6.06. The van der Waals surface area contributed by atoms with Crippen LogP contribution in [0.1, 0.15) is 33.1 Å². The molecule has 104 valence electrons. The van der Waals surface area contributed by atoms with Crippen molar-refractivity contribution in [3.63, 3.8) is 0 Å². The van der Waals surface area contributed by atoms with Gasteiger partial charge in [-0.15, -0.1) is 0 Å². The molecule has 0 radical (unpaired) electrons. The van der Waals surface area contributed by atoms with E-state index in [1.807, 2.05) is 43.1 Å². The van der Waals surface area contributed by atoms with E-state index in [4.69, 9.17) is 0 Å². The van der Waals surface area contributed by atoms with Crippen molar-refractivity contribution < 1.29 is 4.79 Å². The summed E-state index contributed by atoms with van der Waals surface area (Å²) in [5, 5.41) is 2.90. The van der Waals surface area contributed by atoms with Gasteiger partial charge in [-0.3, -0.25) is 9.79 Å². The van der Waals surface area contributed by atoms with Crippen molar-refractivity contribution in [2.24, 2.45) is 4.99 Å².